The molecule has 0 aromatic heterocycles. The van der Waals surface area contributed by atoms with E-state index in [0.29, 0.717) is 16.9 Å². The van der Waals surface area contributed by atoms with E-state index >= 15 is 0 Å². The summed E-state index contributed by atoms with van der Waals surface area (Å²) in [6, 6.07) is 1.83. The van der Waals surface area contributed by atoms with Crippen LogP contribution in [-0.4, -0.2) is 16.1 Å². The molecule has 0 amide bonds. The number of phenolic OH excluding ortho intramolecular Hbond substituents is 1. The smallest absolute Gasteiger partial charge is 0.314 e. The van der Waals surface area contributed by atoms with E-state index in [1.807, 2.05) is 19.9 Å². The number of nitro benzene ring substituents is 1. The lowest BCUT2D eigenvalue weighted by Gasteiger charge is -2.26. The van der Waals surface area contributed by atoms with E-state index in [0.717, 1.165) is 44.9 Å². The summed E-state index contributed by atoms with van der Waals surface area (Å²) in [7, 11) is 0. The summed E-state index contributed by atoms with van der Waals surface area (Å²) in [5, 5.41) is 22.5. The predicted molar refractivity (Wildman–Crippen MR) is 92.9 cm³/mol. The van der Waals surface area contributed by atoms with Crippen LogP contribution in [0.3, 0.4) is 0 Å². The topological polar surface area (TPSA) is 72.6 Å². The van der Waals surface area contributed by atoms with Crippen molar-refractivity contribution in [2.24, 2.45) is 0 Å². The van der Waals surface area contributed by atoms with Gasteiger partial charge in [0.15, 0.2) is 0 Å². The molecule has 1 aliphatic carbocycles. The second-order valence-electron chi connectivity index (χ2n) is 7.82. The van der Waals surface area contributed by atoms with Gasteiger partial charge < -0.3 is 9.84 Å². The normalized spacial score (nSPS) is 22.6. The van der Waals surface area contributed by atoms with Crippen LogP contribution in [0.15, 0.2) is 6.07 Å². The molecule has 1 fully saturated rings. The third-order valence-corrected chi connectivity index (χ3v) is 5.69. The minimum absolute atomic E-state index is 0.0632. The molecular formula is C19H27NO4. The molecule has 2 aliphatic rings. The van der Waals surface area contributed by atoms with Gasteiger partial charge in [-0.1, -0.05) is 40.0 Å². The summed E-state index contributed by atoms with van der Waals surface area (Å²) in [6.07, 6.45) is 7.03. The maximum atomic E-state index is 11.7. The van der Waals surface area contributed by atoms with Crippen LogP contribution in [0, 0.1) is 10.1 Å². The zero-order valence-corrected chi connectivity index (χ0v) is 14.8. The van der Waals surface area contributed by atoms with E-state index in [4.69, 9.17) is 4.74 Å². The van der Waals surface area contributed by atoms with E-state index < -0.39 is 4.92 Å². The molecule has 1 saturated carbocycles. The predicted octanol–water partition coefficient (Wildman–Crippen LogP) is 5.19. The van der Waals surface area contributed by atoms with Crippen LogP contribution in [0.25, 0.3) is 0 Å². The zero-order chi connectivity index (χ0) is 17.5. The van der Waals surface area contributed by atoms with E-state index in [1.165, 1.54) is 0 Å². The molecule has 24 heavy (non-hydrogen) atoms. The Morgan fingerprint density at radius 2 is 2.08 bits per heavy atom. The van der Waals surface area contributed by atoms with Crippen LogP contribution in [0.4, 0.5) is 5.69 Å². The lowest BCUT2D eigenvalue weighted by Crippen LogP contribution is -2.22. The molecule has 132 valence electrons. The lowest BCUT2D eigenvalue weighted by atomic mass is 9.77. The molecule has 1 aromatic carbocycles. The first-order chi connectivity index (χ1) is 11.4. The molecule has 2 unspecified atom stereocenters. The van der Waals surface area contributed by atoms with Crippen molar-refractivity contribution in [2.45, 2.75) is 83.2 Å². The average Bonchev–Trinajstić information content (AvgIpc) is 2.91. The zero-order valence-electron chi connectivity index (χ0n) is 14.8. The Balaban J connectivity index is 2.12. The van der Waals surface area contributed by atoms with Crippen molar-refractivity contribution in [3.05, 3.63) is 27.3 Å². The summed E-state index contributed by atoms with van der Waals surface area (Å²) >= 11 is 0. The fraction of sp³-hybridized carbons (Fsp3) is 0.684. The van der Waals surface area contributed by atoms with Crippen LogP contribution in [0.5, 0.6) is 11.5 Å². The number of phenols is 1. The molecular weight excluding hydrogens is 306 g/mol. The first kappa shape index (κ1) is 17.1. The molecule has 1 aromatic rings. The minimum atomic E-state index is -0.422. The summed E-state index contributed by atoms with van der Waals surface area (Å²) in [4.78, 5) is 11.3. The van der Waals surface area contributed by atoms with Gasteiger partial charge in [0.05, 0.1) is 4.92 Å². The van der Waals surface area contributed by atoms with E-state index in [-0.39, 0.29) is 28.9 Å². The molecule has 1 aliphatic heterocycles. The van der Waals surface area contributed by atoms with Gasteiger partial charge in [-0.15, -0.1) is 0 Å². The number of unbranched alkanes of at least 4 members (excludes halogenated alkanes) is 1. The Kier molecular flexibility index (Phi) is 4.45. The van der Waals surface area contributed by atoms with Gasteiger partial charge in [0, 0.05) is 17.0 Å². The minimum Gasteiger partial charge on any atom is -0.502 e. The Morgan fingerprint density at radius 1 is 1.38 bits per heavy atom. The molecule has 0 bridgehead atoms. The molecule has 0 radical (unpaired) electrons. The molecule has 3 rings (SSSR count). The number of fused-ring (bicyclic) bond motifs is 3. The van der Waals surface area contributed by atoms with E-state index in [9.17, 15) is 15.2 Å². The van der Waals surface area contributed by atoms with Crippen molar-refractivity contribution in [3.8, 4) is 11.5 Å². The van der Waals surface area contributed by atoms with Crippen molar-refractivity contribution in [1.29, 1.82) is 0 Å². The van der Waals surface area contributed by atoms with Gasteiger partial charge in [-0.3, -0.25) is 10.1 Å². The maximum absolute atomic E-state index is 11.7. The van der Waals surface area contributed by atoms with Crippen LogP contribution >= 0.6 is 0 Å². The molecule has 1 heterocycles. The van der Waals surface area contributed by atoms with Crippen LogP contribution < -0.4 is 4.74 Å². The molecule has 2 atom stereocenters. The Hall–Kier alpha value is -1.78. The van der Waals surface area contributed by atoms with E-state index in [2.05, 4.69) is 6.92 Å². The molecule has 0 spiro atoms. The third-order valence-electron chi connectivity index (χ3n) is 5.69. The quantitative estimate of drug-likeness (QED) is 0.594. The summed E-state index contributed by atoms with van der Waals surface area (Å²) in [5.41, 5.74) is 0.768. The molecule has 5 nitrogen and oxygen atoms in total. The number of nitrogens with zero attached hydrogens (tertiary/aromatic N) is 1. The largest absolute Gasteiger partial charge is 0.502 e. The average molecular weight is 333 g/mol. The van der Waals surface area contributed by atoms with Gasteiger partial charge >= 0.3 is 5.69 Å². The fourth-order valence-electron chi connectivity index (χ4n) is 4.29. The molecule has 1 N–H and O–H groups in total. The number of aromatic hydroxyl groups is 1. The fourth-order valence-corrected chi connectivity index (χ4v) is 4.29. The first-order valence-electron chi connectivity index (χ1n) is 9.08. The van der Waals surface area contributed by atoms with Gasteiger partial charge in [-0.2, -0.15) is 0 Å². The third kappa shape index (κ3) is 2.74. The van der Waals surface area contributed by atoms with Crippen molar-refractivity contribution in [1.82, 2.24) is 0 Å². The molecule has 0 saturated heterocycles. The SMILES string of the molecule is CCCCC(C)(C)c1cc2c(c(O)c1[N+](=O)[O-])C1CCCCC1O2. The Bertz CT molecular complexity index is 653. The summed E-state index contributed by atoms with van der Waals surface area (Å²) in [6.45, 7) is 6.14. The number of benzene rings is 1. The van der Waals surface area contributed by atoms with Crippen molar-refractivity contribution < 1.29 is 14.8 Å². The maximum Gasteiger partial charge on any atom is 0.314 e. The highest BCUT2D eigenvalue weighted by Gasteiger charge is 2.43. The second-order valence-corrected chi connectivity index (χ2v) is 7.82. The number of rotatable bonds is 5. The van der Waals surface area contributed by atoms with Gasteiger partial charge in [0.25, 0.3) is 0 Å². The Labute approximate surface area is 143 Å². The van der Waals surface area contributed by atoms with Crippen molar-refractivity contribution >= 4 is 5.69 Å². The highest BCUT2D eigenvalue weighted by atomic mass is 16.6. The van der Waals surface area contributed by atoms with Gasteiger partial charge in [-0.25, -0.2) is 0 Å². The highest BCUT2D eigenvalue weighted by Crippen LogP contribution is 2.55. The Morgan fingerprint density at radius 3 is 2.75 bits per heavy atom. The van der Waals surface area contributed by atoms with Crippen molar-refractivity contribution in [2.75, 3.05) is 0 Å². The standard InChI is InChI=1S/C19H27NO4/c1-4-5-10-19(2,3)13-11-15-16(18(21)17(13)20(22)23)12-8-6-7-9-14(12)24-15/h11-12,14,21H,4-10H2,1-3H3. The second kappa shape index (κ2) is 6.26. The number of nitro groups is 1. The molecule has 5 heteroatoms. The number of hydrogen-bond donors (Lipinski definition) is 1. The van der Waals surface area contributed by atoms with Gasteiger partial charge in [0.2, 0.25) is 5.75 Å². The lowest BCUT2D eigenvalue weighted by molar-refractivity contribution is -0.387. The monoisotopic (exact) mass is 333 g/mol. The van der Waals surface area contributed by atoms with Crippen molar-refractivity contribution in [3.63, 3.8) is 0 Å². The highest BCUT2D eigenvalue weighted by molar-refractivity contribution is 5.66. The van der Waals surface area contributed by atoms with Crippen LogP contribution in [0.1, 0.15) is 82.8 Å². The number of hydrogen-bond acceptors (Lipinski definition) is 4. The summed E-state index contributed by atoms with van der Waals surface area (Å²) < 4.78 is 6.08. The van der Waals surface area contributed by atoms with Gasteiger partial charge in [0.1, 0.15) is 11.9 Å². The van der Waals surface area contributed by atoms with E-state index in [1.54, 1.807) is 0 Å². The van der Waals surface area contributed by atoms with Crippen LogP contribution in [-0.2, 0) is 5.41 Å². The van der Waals surface area contributed by atoms with Gasteiger partial charge in [-0.05, 0) is 37.2 Å². The first-order valence-corrected chi connectivity index (χ1v) is 9.08. The summed E-state index contributed by atoms with van der Waals surface area (Å²) in [5.74, 6) is 0.598. The van der Waals surface area contributed by atoms with Crippen LogP contribution in [0.2, 0.25) is 0 Å². The number of ether oxygens (including phenoxy) is 1.